The van der Waals surface area contributed by atoms with Gasteiger partial charge in [-0.05, 0) is 67.7 Å². The van der Waals surface area contributed by atoms with Crippen LogP contribution in [0.15, 0.2) is 71.8 Å². The molecule has 13 atom stereocenters. The Bertz CT molecular complexity index is 2370. The average molecular weight is 994 g/mol. The molecule has 2 aliphatic heterocycles. The lowest BCUT2D eigenvalue weighted by Crippen LogP contribution is -2.82. The lowest BCUT2D eigenvalue weighted by Gasteiger charge is -2.67. The minimum Gasteiger partial charge on any atom is -0.456 e. The van der Waals surface area contributed by atoms with Crippen molar-refractivity contribution in [2.24, 2.45) is 16.7 Å². The van der Waals surface area contributed by atoms with E-state index in [-0.39, 0.29) is 29.7 Å². The highest BCUT2D eigenvalue weighted by atomic mass is 28.4. The number of ether oxygens (including phenoxy) is 6. The molecule has 19 heteroatoms. The lowest BCUT2D eigenvalue weighted by atomic mass is 9.44. The first-order chi connectivity index (χ1) is 32.9. The minimum absolute atomic E-state index is 0.0303. The van der Waals surface area contributed by atoms with Crippen molar-refractivity contribution in [2.45, 2.75) is 173 Å². The molecule has 2 saturated heterocycles. The molecule has 0 spiro atoms. The molecule has 2 saturated carbocycles. The number of hydrogen-bond donors (Lipinski definition) is 3. The SMILES string of the molecule is CC[Si](CC)(CC)O[C@@H](C(=O)O[C@H]1C[C@@]2(O)C(OC(=O)c3ccccc3)C3[C@](C)(C(=O)[C@H](OC(C)=O)C(=C1C)C2(C)C)[C@@H](O)C[C@H]1OC[C@@]31OC(C)=O)[C@@H](NC(=O)C1(C)OOC(C)O1)c1ccccc1. The van der Waals surface area contributed by atoms with Crippen molar-refractivity contribution in [1.82, 2.24) is 5.32 Å². The van der Waals surface area contributed by atoms with Gasteiger partial charge in [-0.1, -0.05) is 83.1 Å². The highest BCUT2D eigenvalue weighted by Gasteiger charge is 2.78. The van der Waals surface area contributed by atoms with Gasteiger partial charge in [0.15, 0.2) is 38.2 Å². The van der Waals surface area contributed by atoms with Crippen molar-refractivity contribution in [3.05, 3.63) is 82.9 Å². The van der Waals surface area contributed by atoms with Gasteiger partial charge in [0.05, 0.1) is 35.6 Å². The highest BCUT2D eigenvalue weighted by Crippen LogP contribution is 2.64. The van der Waals surface area contributed by atoms with E-state index in [1.54, 1.807) is 76.2 Å². The predicted octanol–water partition coefficient (Wildman–Crippen LogP) is 5.49. The van der Waals surface area contributed by atoms with Crippen LogP contribution in [0.4, 0.5) is 0 Å². The van der Waals surface area contributed by atoms with E-state index < -0.39 is 133 Å². The molecule has 382 valence electrons. The molecule has 4 fully saturated rings. The van der Waals surface area contributed by atoms with Crippen molar-refractivity contribution < 1.29 is 81.6 Å². The number of carbonyl (C=O) groups excluding carboxylic acids is 6. The van der Waals surface area contributed by atoms with Crippen molar-refractivity contribution in [1.29, 1.82) is 0 Å². The molecule has 5 aliphatic rings. The standard InChI is InChI=1S/C51H67NO17Si/c1-12-70(13-2,14-3)68-40(38(32-21-17-15-18-22-32)52-46(59)49(11)66-31(7)67-69-49)45(58)63-34-26-51(60)43(64-44(57)33-23-19-16-20-24-33)41-48(10,35(55)25-36-50(41,27-61-36)65-30(6)54)42(56)39(62-29(5)53)37(28(34)4)47(51,8)9/h15-24,31,34-36,38-41,43,55,60H,12-14,25-27H2,1-11H3,(H,52,59)/t31?,34-,35-,36+,38-,39+,40+,41?,43?,48+,49?,50-,51+/m0/s1. The highest BCUT2D eigenvalue weighted by molar-refractivity contribution is 6.73. The van der Waals surface area contributed by atoms with Crippen LogP contribution >= 0.6 is 0 Å². The minimum atomic E-state index is -2.81. The fourth-order valence-corrected chi connectivity index (χ4v) is 14.4. The maximum Gasteiger partial charge on any atom is 0.338 e. The molecular weight excluding hydrogens is 927 g/mol. The zero-order chi connectivity index (χ0) is 51.4. The number of aliphatic hydroxyl groups is 2. The third-order valence-electron chi connectivity index (χ3n) is 15.9. The fourth-order valence-electron chi connectivity index (χ4n) is 11.6. The molecule has 0 aromatic heterocycles. The summed E-state index contributed by atoms with van der Waals surface area (Å²) in [5.41, 5.74) is -7.12. The number of esters is 4. The molecular formula is C51H67NO17Si. The van der Waals surface area contributed by atoms with Crippen LogP contribution in [0.1, 0.15) is 111 Å². The van der Waals surface area contributed by atoms with Crippen LogP contribution in [0.5, 0.6) is 0 Å². The fraction of sp³-hybridized carbons (Fsp3) is 0.608. The van der Waals surface area contributed by atoms with Gasteiger partial charge in [-0.15, -0.1) is 0 Å². The van der Waals surface area contributed by atoms with E-state index in [2.05, 4.69) is 5.32 Å². The maximum absolute atomic E-state index is 15.8. The van der Waals surface area contributed by atoms with Crippen LogP contribution in [0.25, 0.3) is 0 Å². The van der Waals surface area contributed by atoms with Crippen LogP contribution in [-0.4, -0.2) is 121 Å². The summed E-state index contributed by atoms with van der Waals surface area (Å²) >= 11 is 0. The number of rotatable bonds is 15. The second kappa shape index (κ2) is 19.6. The number of fused-ring (bicyclic) bond motifs is 5. The topological polar surface area (TPSA) is 238 Å². The number of hydrogen-bond acceptors (Lipinski definition) is 17. The van der Waals surface area contributed by atoms with Gasteiger partial charge in [-0.25, -0.2) is 14.5 Å². The molecule has 4 unspecified atom stereocenters. The summed E-state index contributed by atoms with van der Waals surface area (Å²) in [6.07, 6.45) is -10.9. The first kappa shape index (κ1) is 52.9. The monoisotopic (exact) mass is 993 g/mol. The number of aliphatic hydroxyl groups excluding tert-OH is 1. The van der Waals surface area contributed by atoms with E-state index in [1.165, 1.54) is 32.9 Å². The Kier molecular flexibility index (Phi) is 14.8. The number of carbonyl (C=O) groups is 6. The van der Waals surface area contributed by atoms with Gasteiger partial charge in [-0.3, -0.25) is 19.2 Å². The molecule has 2 aromatic rings. The molecule has 7 rings (SSSR count). The zero-order valence-corrected chi connectivity index (χ0v) is 42.7. The number of Topliss-reactive ketones (excluding diaryl/α,β-unsaturated/α-hetero) is 1. The molecule has 3 aliphatic carbocycles. The van der Waals surface area contributed by atoms with Crippen LogP contribution in [0.3, 0.4) is 0 Å². The molecule has 2 bridgehead atoms. The first-order valence-electron chi connectivity index (χ1n) is 24.0. The van der Waals surface area contributed by atoms with E-state index in [1.807, 2.05) is 20.8 Å². The van der Waals surface area contributed by atoms with E-state index in [0.29, 0.717) is 23.7 Å². The second-order valence-corrected chi connectivity index (χ2v) is 24.9. The molecule has 3 N–H and O–H groups in total. The number of amides is 1. The molecule has 70 heavy (non-hydrogen) atoms. The molecule has 18 nitrogen and oxygen atoms in total. The Morgan fingerprint density at radius 3 is 2.03 bits per heavy atom. The summed E-state index contributed by atoms with van der Waals surface area (Å²) in [4.78, 5) is 96.9. The largest absolute Gasteiger partial charge is 0.456 e. The predicted molar refractivity (Wildman–Crippen MR) is 249 cm³/mol. The lowest BCUT2D eigenvalue weighted by molar-refractivity contribution is -0.346. The second-order valence-electron chi connectivity index (χ2n) is 20.1. The summed E-state index contributed by atoms with van der Waals surface area (Å²) in [7, 11) is -2.81. The molecule has 2 aromatic carbocycles. The normalized spacial score (nSPS) is 34.2. The van der Waals surface area contributed by atoms with Crippen molar-refractivity contribution in [3.8, 4) is 0 Å². The van der Waals surface area contributed by atoms with Gasteiger partial charge < -0.3 is 48.4 Å². The van der Waals surface area contributed by atoms with Gasteiger partial charge in [0.25, 0.3) is 11.7 Å². The summed E-state index contributed by atoms with van der Waals surface area (Å²) in [6.45, 7) is 17.0. The third kappa shape index (κ3) is 8.94. The van der Waals surface area contributed by atoms with Crippen molar-refractivity contribution in [3.63, 3.8) is 0 Å². The van der Waals surface area contributed by atoms with Crippen molar-refractivity contribution in [2.75, 3.05) is 6.61 Å². The Morgan fingerprint density at radius 2 is 1.50 bits per heavy atom. The third-order valence-corrected chi connectivity index (χ3v) is 20.5. The summed E-state index contributed by atoms with van der Waals surface area (Å²) < 4.78 is 43.9. The molecule has 1 amide bonds. The smallest absolute Gasteiger partial charge is 0.338 e. The van der Waals surface area contributed by atoms with Crippen LogP contribution in [0, 0.1) is 16.7 Å². The Labute approximate surface area is 409 Å². The van der Waals surface area contributed by atoms with E-state index >= 15 is 9.59 Å². The number of ketones is 1. The first-order valence-corrected chi connectivity index (χ1v) is 26.6. The van der Waals surface area contributed by atoms with Gasteiger partial charge in [-0.2, -0.15) is 4.89 Å². The Morgan fingerprint density at radius 1 is 0.886 bits per heavy atom. The van der Waals surface area contributed by atoms with Gasteiger partial charge >= 0.3 is 23.9 Å². The summed E-state index contributed by atoms with van der Waals surface area (Å²) in [5, 5.41) is 29.2. The Hall–Kier alpha value is -4.86. The van der Waals surface area contributed by atoms with Gasteiger partial charge in [0, 0.05) is 39.0 Å². The van der Waals surface area contributed by atoms with E-state index in [4.69, 9.17) is 42.6 Å². The molecule has 2 heterocycles. The van der Waals surface area contributed by atoms with Crippen LogP contribution in [-0.2, 0) is 66.6 Å². The maximum atomic E-state index is 15.8. The zero-order valence-electron chi connectivity index (χ0n) is 41.7. The average Bonchev–Trinajstić information content (AvgIpc) is 3.68. The number of nitrogens with one attached hydrogen (secondary N) is 1. The quantitative estimate of drug-likeness (QED) is 0.0657. The Balaban J connectivity index is 1.44. The molecule has 0 radical (unpaired) electrons. The van der Waals surface area contributed by atoms with Crippen LogP contribution < -0.4 is 5.32 Å². The van der Waals surface area contributed by atoms with Crippen LogP contribution in [0.2, 0.25) is 18.1 Å². The van der Waals surface area contributed by atoms with E-state index in [0.717, 1.165) is 6.92 Å². The number of benzene rings is 2. The summed E-state index contributed by atoms with van der Waals surface area (Å²) in [5.74, 6) is -8.66. The summed E-state index contributed by atoms with van der Waals surface area (Å²) in [6, 6.07) is 17.1. The van der Waals surface area contributed by atoms with Gasteiger partial charge in [0.1, 0.15) is 23.9 Å². The van der Waals surface area contributed by atoms with E-state index in [9.17, 15) is 29.4 Å². The van der Waals surface area contributed by atoms with Crippen molar-refractivity contribution >= 4 is 43.9 Å². The van der Waals surface area contributed by atoms with Gasteiger partial charge in [0.2, 0.25) is 0 Å².